The maximum atomic E-state index is 5.20. The lowest BCUT2D eigenvalue weighted by Crippen LogP contribution is -2.47. The lowest BCUT2D eigenvalue weighted by Gasteiger charge is -2.34. The zero-order valence-corrected chi connectivity index (χ0v) is 14.5. The Bertz CT molecular complexity index is 618. The first-order valence-corrected chi connectivity index (χ1v) is 8.41. The second kappa shape index (κ2) is 8.17. The van der Waals surface area contributed by atoms with E-state index < -0.39 is 0 Å². The summed E-state index contributed by atoms with van der Waals surface area (Å²) in [5, 5.41) is 4.73. The average molecular weight is 330 g/mol. The van der Waals surface area contributed by atoms with Crippen LogP contribution < -0.4 is 9.64 Å². The molecule has 0 saturated carbocycles. The van der Waals surface area contributed by atoms with Crippen molar-refractivity contribution in [2.45, 2.75) is 6.54 Å². The number of benzene rings is 1. The first kappa shape index (κ1) is 16.8. The molecule has 0 amide bonds. The SMILES string of the molecule is COCCN1CCN(c2ccn(Cc3ccc(OC)cc3)n2)CC1. The van der Waals surface area contributed by atoms with Crippen LogP contribution in [0.25, 0.3) is 0 Å². The second-order valence-electron chi connectivity index (χ2n) is 6.04. The average Bonchev–Trinajstić information content (AvgIpc) is 3.09. The van der Waals surface area contributed by atoms with E-state index in [-0.39, 0.29) is 0 Å². The number of anilines is 1. The van der Waals surface area contributed by atoms with E-state index in [0.717, 1.165) is 57.4 Å². The fourth-order valence-corrected chi connectivity index (χ4v) is 2.95. The van der Waals surface area contributed by atoms with E-state index >= 15 is 0 Å². The molecule has 6 nitrogen and oxygen atoms in total. The van der Waals surface area contributed by atoms with Crippen molar-refractivity contribution < 1.29 is 9.47 Å². The van der Waals surface area contributed by atoms with Gasteiger partial charge in [-0.25, -0.2) is 0 Å². The van der Waals surface area contributed by atoms with Crippen molar-refractivity contribution >= 4 is 5.82 Å². The molecule has 3 rings (SSSR count). The van der Waals surface area contributed by atoms with Crippen LogP contribution in [0.15, 0.2) is 36.5 Å². The second-order valence-corrected chi connectivity index (χ2v) is 6.04. The van der Waals surface area contributed by atoms with Crippen LogP contribution in [0.2, 0.25) is 0 Å². The molecule has 0 aliphatic carbocycles. The van der Waals surface area contributed by atoms with Crippen LogP contribution in [0.4, 0.5) is 5.82 Å². The number of ether oxygens (including phenoxy) is 2. The highest BCUT2D eigenvalue weighted by Crippen LogP contribution is 2.16. The summed E-state index contributed by atoms with van der Waals surface area (Å²) in [6.45, 7) is 6.75. The van der Waals surface area contributed by atoms with Crippen LogP contribution in [0.3, 0.4) is 0 Å². The van der Waals surface area contributed by atoms with Gasteiger partial charge < -0.3 is 14.4 Å². The third-order valence-electron chi connectivity index (χ3n) is 4.44. The molecule has 6 heteroatoms. The van der Waals surface area contributed by atoms with Crippen molar-refractivity contribution in [1.29, 1.82) is 0 Å². The number of methoxy groups -OCH3 is 2. The summed E-state index contributed by atoms with van der Waals surface area (Å²) >= 11 is 0. The highest BCUT2D eigenvalue weighted by atomic mass is 16.5. The Balaban J connectivity index is 1.53. The lowest BCUT2D eigenvalue weighted by molar-refractivity contribution is 0.144. The topological polar surface area (TPSA) is 42.8 Å². The fraction of sp³-hybridized carbons (Fsp3) is 0.500. The van der Waals surface area contributed by atoms with Gasteiger partial charge >= 0.3 is 0 Å². The molecule has 130 valence electrons. The van der Waals surface area contributed by atoms with Gasteiger partial charge in [0.05, 0.1) is 20.3 Å². The van der Waals surface area contributed by atoms with E-state index in [9.17, 15) is 0 Å². The van der Waals surface area contributed by atoms with E-state index in [2.05, 4.69) is 34.2 Å². The number of piperazine rings is 1. The monoisotopic (exact) mass is 330 g/mol. The van der Waals surface area contributed by atoms with Gasteiger partial charge in [-0.05, 0) is 17.7 Å². The van der Waals surface area contributed by atoms with Crippen molar-refractivity contribution in [2.24, 2.45) is 0 Å². The van der Waals surface area contributed by atoms with Crippen molar-refractivity contribution in [3.8, 4) is 5.75 Å². The lowest BCUT2D eigenvalue weighted by atomic mass is 10.2. The summed E-state index contributed by atoms with van der Waals surface area (Å²) in [7, 11) is 3.44. The Labute approximate surface area is 143 Å². The summed E-state index contributed by atoms with van der Waals surface area (Å²) < 4.78 is 12.3. The summed E-state index contributed by atoms with van der Waals surface area (Å²) in [6, 6.07) is 10.2. The Kier molecular flexibility index (Phi) is 5.72. The van der Waals surface area contributed by atoms with Crippen LogP contribution in [-0.4, -0.2) is 68.2 Å². The molecule has 1 aliphatic rings. The standard InChI is InChI=1S/C18H26N4O2/c1-23-14-13-20-9-11-21(12-10-20)18-7-8-22(19-18)15-16-3-5-17(24-2)6-4-16/h3-8H,9-15H2,1-2H3. The van der Waals surface area contributed by atoms with Gasteiger partial charge in [-0.2, -0.15) is 5.10 Å². The first-order chi connectivity index (χ1) is 11.8. The van der Waals surface area contributed by atoms with Gasteiger partial charge in [-0.15, -0.1) is 0 Å². The van der Waals surface area contributed by atoms with E-state index in [0.29, 0.717) is 0 Å². The number of rotatable bonds is 7. The summed E-state index contributed by atoms with van der Waals surface area (Å²) in [5.74, 6) is 1.95. The molecule has 2 heterocycles. The minimum Gasteiger partial charge on any atom is -0.497 e. The molecular weight excluding hydrogens is 304 g/mol. The number of hydrogen-bond acceptors (Lipinski definition) is 5. The van der Waals surface area contributed by atoms with Crippen molar-refractivity contribution in [1.82, 2.24) is 14.7 Å². The van der Waals surface area contributed by atoms with Crippen LogP contribution in [0.5, 0.6) is 5.75 Å². The Morgan fingerprint density at radius 2 is 1.75 bits per heavy atom. The summed E-state index contributed by atoms with van der Waals surface area (Å²) in [6.07, 6.45) is 2.05. The smallest absolute Gasteiger partial charge is 0.150 e. The van der Waals surface area contributed by atoms with Crippen molar-refractivity contribution in [2.75, 3.05) is 58.5 Å². The van der Waals surface area contributed by atoms with E-state index in [1.807, 2.05) is 16.8 Å². The molecule has 24 heavy (non-hydrogen) atoms. The van der Waals surface area contributed by atoms with Crippen LogP contribution in [0.1, 0.15) is 5.56 Å². The Morgan fingerprint density at radius 3 is 2.42 bits per heavy atom. The van der Waals surface area contributed by atoms with Crippen LogP contribution >= 0.6 is 0 Å². The molecule has 0 unspecified atom stereocenters. The van der Waals surface area contributed by atoms with Gasteiger partial charge in [-0.3, -0.25) is 9.58 Å². The van der Waals surface area contributed by atoms with Gasteiger partial charge in [0.1, 0.15) is 5.75 Å². The highest BCUT2D eigenvalue weighted by molar-refractivity contribution is 5.38. The van der Waals surface area contributed by atoms with Crippen molar-refractivity contribution in [3.05, 3.63) is 42.1 Å². The van der Waals surface area contributed by atoms with E-state index in [1.165, 1.54) is 5.56 Å². The Morgan fingerprint density at radius 1 is 1.00 bits per heavy atom. The van der Waals surface area contributed by atoms with E-state index in [4.69, 9.17) is 14.6 Å². The minimum atomic E-state index is 0.776. The molecule has 1 aliphatic heterocycles. The summed E-state index contributed by atoms with van der Waals surface area (Å²) in [5.41, 5.74) is 1.22. The molecule has 1 saturated heterocycles. The first-order valence-electron chi connectivity index (χ1n) is 8.41. The molecule has 0 bridgehead atoms. The molecule has 0 radical (unpaired) electrons. The van der Waals surface area contributed by atoms with Gasteiger partial charge in [-0.1, -0.05) is 12.1 Å². The predicted molar refractivity (Wildman–Crippen MR) is 94.9 cm³/mol. The van der Waals surface area contributed by atoms with Crippen molar-refractivity contribution in [3.63, 3.8) is 0 Å². The van der Waals surface area contributed by atoms with Gasteiger partial charge in [0.25, 0.3) is 0 Å². The molecule has 1 aromatic heterocycles. The molecule has 0 atom stereocenters. The largest absolute Gasteiger partial charge is 0.497 e. The minimum absolute atomic E-state index is 0.776. The van der Waals surface area contributed by atoms with Gasteiger partial charge in [0.15, 0.2) is 5.82 Å². The highest BCUT2D eigenvalue weighted by Gasteiger charge is 2.18. The third-order valence-corrected chi connectivity index (χ3v) is 4.44. The molecule has 0 spiro atoms. The summed E-state index contributed by atoms with van der Waals surface area (Å²) in [4.78, 5) is 4.79. The maximum Gasteiger partial charge on any atom is 0.150 e. The molecular formula is C18H26N4O2. The normalized spacial score (nSPS) is 15.7. The molecule has 1 fully saturated rings. The zero-order valence-electron chi connectivity index (χ0n) is 14.5. The third kappa shape index (κ3) is 4.27. The van der Waals surface area contributed by atoms with Gasteiger partial charge in [0, 0.05) is 52.1 Å². The van der Waals surface area contributed by atoms with E-state index in [1.54, 1.807) is 14.2 Å². The number of hydrogen-bond donors (Lipinski definition) is 0. The van der Waals surface area contributed by atoms with Gasteiger partial charge in [0.2, 0.25) is 0 Å². The van der Waals surface area contributed by atoms with Crippen LogP contribution in [0, 0.1) is 0 Å². The molecule has 2 aromatic rings. The Hall–Kier alpha value is -2.05. The molecule has 1 aromatic carbocycles. The quantitative estimate of drug-likeness (QED) is 0.773. The number of nitrogens with zero attached hydrogens (tertiary/aromatic N) is 4. The van der Waals surface area contributed by atoms with Crippen LogP contribution in [-0.2, 0) is 11.3 Å². The zero-order chi connectivity index (χ0) is 16.8. The fourth-order valence-electron chi connectivity index (χ4n) is 2.95. The molecule has 0 N–H and O–H groups in total. The maximum absolute atomic E-state index is 5.20. The predicted octanol–water partition coefficient (Wildman–Crippen LogP) is 1.71. The number of aromatic nitrogens is 2.